The van der Waals surface area contributed by atoms with Gasteiger partial charge >= 0.3 is 0 Å². The maximum Gasteiger partial charge on any atom is 0.0722 e. The van der Waals surface area contributed by atoms with Gasteiger partial charge in [0.1, 0.15) is 0 Å². The Hall–Kier alpha value is -1.58. The topological polar surface area (TPSA) is 24.9 Å². The van der Waals surface area contributed by atoms with Crippen LogP contribution in [0, 0.1) is 0 Å². The molecule has 2 nitrogen and oxygen atoms in total. The molecule has 0 aliphatic heterocycles. The number of hydrogen-bond donors (Lipinski definition) is 1. The molecule has 0 unspecified atom stereocenters. The zero-order valence-electron chi connectivity index (χ0n) is 10.6. The second-order valence-electron chi connectivity index (χ2n) is 4.48. The largest absolute Gasteiger partial charge is 0.380 e. The number of benzene rings is 2. The Kier molecular flexibility index (Phi) is 3.90. The van der Waals surface area contributed by atoms with Crippen molar-refractivity contribution in [2.45, 2.75) is 6.54 Å². The van der Waals surface area contributed by atoms with Crippen LogP contribution >= 0.6 is 27.5 Å². The van der Waals surface area contributed by atoms with Gasteiger partial charge in [0.05, 0.1) is 10.5 Å². The summed E-state index contributed by atoms with van der Waals surface area (Å²) >= 11 is 9.44. The van der Waals surface area contributed by atoms with Gasteiger partial charge in [-0.05, 0) is 57.9 Å². The van der Waals surface area contributed by atoms with Crippen molar-refractivity contribution in [3.63, 3.8) is 0 Å². The van der Waals surface area contributed by atoms with Crippen LogP contribution in [0.3, 0.4) is 0 Å². The molecule has 1 aromatic heterocycles. The fraction of sp³-hybridized carbons (Fsp3) is 0.0625. The van der Waals surface area contributed by atoms with Crippen molar-refractivity contribution < 1.29 is 0 Å². The lowest BCUT2D eigenvalue weighted by molar-refractivity contribution is 1.15. The van der Waals surface area contributed by atoms with Crippen LogP contribution in [0.25, 0.3) is 10.9 Å². The van der Waals surface area contributed by atoms with E-state index < -0.39 is 0 Å². The molecule has 0 aliphatic carbocycles. The molecule has 0 spiro atoms. The standard InChI is InChI=1S/C16H12BrClN2/c17-13-9-11(6-7-14(13)18)10-20-16-5-1-4-15-12(16)3-2-8-19-15/h1-9,20H,10H2. The van der Waals surface area contributed by atoms with Crippen molar-refractivity contribution in [2.24, 2.45) is 0 Å². The van der Waals surface area contributed by atoms with Gasteiger partial charge in [-0.25, -0.2) is 0 Å². The van der Waals surface area contributed by atoms with E-state index in [1.165, 1.54) is 5.56 Å². The normalized spacial score (nSPS) is 10.7. The Morgan fingerprint density at radius 3 is 2.85 bits per heavy atom. The van der Waals surface area contributed by atoms with Crippen LogP contribution in [0.15, 0.2) is 59.2 Å². The van der Waals surface area contributed by atoms with Gasteiger partial charge in [0.25, 0.3) is 0 Å². The van der Waals surface area contributed by atoms with Gasteiger partial charge in [-0.3, -0.25) is 4.98 Å². The summed E-state index contributed by atoms with van der Waals surface area (Å²) < 4.78 is 0.915. The van der Waals surface area contributed by atoms with E-state index in [0.29, 0.717) is 0 Å². The molecule has 0 saturated heterocycles. The van der Waals surface area contributed by atoms with Crippen LogP contribution < -0.4 is 5.32 Å². The molecular weight excluding hydrogens is 336 g/mol. The molecule has 20 heavy (non-hydrogen) atoms. The van der Waals surface area contributed by atoms with Crippen LogP contribution in [0.4, 0.5) is 5.69 Å². The highest BCUT2D eigenvalue weighted by atomic mass is 79.9. The summed E-state index contributed by atoms with van der Waals surface area (Å²) in [6.45, 7) is 0.740. The minimum absolute atomic E-state index is 0.725. The number of aromatic nitrogens is 1. The molecule has 1 N–H and O–H groups in total. The Morgan fingerprint density at radius 1 is 1.10 bits per heavy atom. The fourth-order valence-electron chi connectivity index (χ4n) is 2.10. The van der Waals surface area contributed by atoms with Gasteiger partial charge in [-0.15, -0.1) is 0 Å². The lowest BCUT2D eigenvalue weighted by Gasteiger charge is -2.10. The molecule has 3 aromatic rings. The quantitative estimate of drug-likeness (QED) is 0.699. The van der Waals surface area contributed by atoms with Gasteiger partial charge < -0.3 is 5.32 Å². The molecule has 0 aliphatic rings. The van der Waals surface area contributed by atoms with E-state index in [4.69, 9.17) is 11.6 Å². The van der Waals surface area contributed by atoms with Gasteiger partial charge in [0.2, 0.25) is 0 Å². The highest BCUT2D eigenvalue weighted by molar-refractivity contribution is 9.10. The fourth-order valence-corrected chi connectivity index (χ4v) is 2.65. The van der Waals surface area contributed by atoms with E-state index in [1.54, 1.807) is 0 Å². The maximum absolute atomic E-state index is 6.00. The molecule has 0 atom stereocenters. The number of rotatable bonds is 3. The van der Waals surface area contributed by atoms with Crippen molar-refractivity contribution in [1.82, 2.24) is 4.98 Å². The first-order valence-corrected chi connectivity index (χ1v) is 7.43. The minimum Gasteiger partial charge on any atom is -0.380 e. The second-order valence-corrected chi connectivity index (χ2v) is 5.74. The van der Waals surface area contributed by atoms with Crippen molar-refractivity contribution in [3.05, 3.63) is 69.8 Å². The second kappa shape index (κ2) is 5.81. The molecule has 0 fully saturated rings. The van der Waals surface area contributed by atoms with Gasteiger partial charge in [-0.1, -0.05) is 23.7 Å². The van der Waals surface area contributed by atoms with Crippen LogP contribution in [0.5, 0.6) is 0 Å². The first-order valence-electron chi connectivity index (χ1n) is 6.25. The molecule has 100 valence electrons. The number of fused-ring (bicyclic) bond motifs is 1. The van der Waals surface area contributed by atoms with Crippen LogP contribution in [-0.2, 0) is 6.54 Å². The van der Waals surface area contributed by atoms with Crippen molar-refractivity contribution in [2.75, 3.05) is 5.32 Å². The summed E-state index contributed by atoms with van der Waals surface area (Å²) in [5, 5.41) is 5.30. The zero-order valence-corrected chi connectivity index (χ0v) is 12.9. The monoisotopic (exact) mass is 346 g/mol. The molecular formula is C16H12BrClN2. The molecule has 2 aromatic carbocycles. The molecule has 3 rings (SSSR count). The number of halogens is 2. The van der Waals surface area contributed by atoms with Crippen LogP contribution in [0.2, 0.25) is 5.02 Å². The number of hydrogen-bond acceptors (Lipinski definition) is 2. The first-order chi connectivity index (χ1) is 9.74. The lowest BCUT2D eigenvalue weighted by Crippen LogP contribution is -2.00. The van der Waals surface area contributed by atoms with Crippen molar-refractivity contribution >= 4 is 44.1 Å². The average molecular weight is 348 g/mol. The summed E-state index contributed by atoms with van der Waals surface area (Å²) in [5.74, 6) is 0. The molecule has 4 heteroatoms. The van der Waals surface area contributed by atoms with E-state index in [9.17, 15) is 0 Å². The highest BCUT2D eigenvalue weighted by Crippen LogP contribution is 2.25. The Labute approximate surface area is 130 Å². The van der Waals surface area contributed by atoms with E-state index in [1.807, 2.05) is 42.6 Å². The average Bonchev–Trinajstić information content (AvgIpc) is 2.48. The Morgan fingerprint density at radius 2 is 2.00 bits per heavy atom. The van der Waals surface area contributed by atoms with Crippen molar-refractivity contribution in [1.29, 1.82) is 0 Å². The zero-order chi connectivity index (χ0) is 13.9. The predicted molar refractivity (Wildman–Crippen MR) is 88.2 cm³/mol. The van der Waals surface area contributed by atoms with E-state index in [-0.39, 0.29) is 0 Å². The number of anilines is 1. The maximum atomic E-state index is 6.00. The molecule has 0 radical (unpaired) electrons. The third-order valence-electron chi connectivity index (χ3n) is 3.11. The van der Waals surface area contributed by atoms with E-state index >= 15 is 0 Å². The summed E-state index contributed by atoms with van der Waals surface area (Å²) in [6, 6.07) is 16.0. The number of pyridine rings is 1. The summed E-state index contributed by atoms with van der Waals surface area (Å²) in [6.07, 6.45) is 1.81. The molecule has 0 amide bonds. The lowest BCUT2D eigenvalue weighted by atomic mass is 10.1. The van der Waals surface area contributed by atoms with E-state index in [2.05, 4.69) is 38.4 Å². The SMILES string of the molecule is Clc1ccc(CNc2cccc3ncccc23)cc1Br. The van der Waals surface area contributed by atoms with Crippen LogP contribution in [-0.4, -0.2) is 4.98 Å². The number of nitrogens with one attached hydrogen (secondary N) is 1. The highest BCUT2D eigenvalue weighted by Gasteiger charge is 2.02. The summed E-state index contributed by atoms with van der Waals surface area (Å²) in [5.41, 5.74) is 3.25. The number of nitrogens with zero attached hydrogens (tertiary/aromatic N) is 1. The summed E-state index contributed by atoms with van der Waals surface area (Å²) in [4.78, 5) is 4.36. The minimum atomic E-state index is 0.725. The van der Waals surface area contributed by atoms with Crippen LogP contribution in [0.1, 0.15) is 5.56 Å². The smallest absolute Gasteiger partial charge is 0.0722 e. The third-order valence-corrected chi connectivity index (χ3v) is 4.33. The summed E-state index contributed by atoms with van der Waals surface area (Å²) in [7, 11) is 0. The molecule has 0 saturated carbocycles. The van der Waals surface area contributed by atoms with Gasteiger partial charge in [0, 0.05) is 28.3 Å². The molecule has 0 bridgehead atoms. The van der Waals surface area contributed by atoms with Gasteiger partial charge in [-0.2, -0.15) is 0 Å². The van der Waals surface area contributed by atoms with Gasteiger partial charge in [0.15, 0.2) is 0 Å². The Balaban J connectivity index is 1.85. The Bertz CT molecular complexity index is 753. The predicted octanol–water partition coefficient (Wildman–Crippen LogP) is 5.26. The molecule has 1 heterocycles. The van der Waals surface area contributed by atoms with E-state index in [0.717, 1.165) is 32.6 Å². The third kappa shape index (κ3) is 2.79. The first kappa shape index (κ1) is 13.4. The van der Waals surface area contributed by atoms with Crippen molar-refractivity contribution in [3.8, 4) is 0 Å².